The van der Waals surface area contributed by atoms with Gasteiger partial charge in [0.15, 0.2) is 0 Å². The van der Waals surface area contributed by atoms with E-state index in [4.69, 9.17) is 4.74 Å². The van der Waals surface area contributed by atoms with Gasteiger partial charge in [-0.15, -0.1) is 0 Å². The fraction of sp³-hybridized carbons (Fsp3) is 0.312. The second kappa shape index (κ2) is 5.74. The molecule has 3 heteroatoms. The molecular formula is C16H19NO2. The Morgan fingerprint density at radius 3 is 2.58 bits per heavy atom. The van der Waals surface area contributed by atoms with Crippen LogP contribution in [0.1, 0.15) is 18.2 Å². The summed E-state index contributed by atoms with van der Waals surface area (Å²) in [7, 11) is 2.02. The minimum Gasteiger partial charge on any atom is -0.466 e. The zero-order chi connectivity index (χ0) is 13.8. The minimum absolute atomic E-state index is 0.171. The summed E-state index contributed by atoms with van der Waals surface area (Å²) in [6.45, 7) is 4.28. The third-order valence-corrected chi connectivity index (χ3v) is 3.35. The molecule has 2 rings (SSSR count). The second-order valence-electron chi connectivity index (χ2n) is 4.55. The fourth-order valence-corrected chi connectivity index (χ4v) is 2.19. The van der Waals surface area contributed by atoms with Crippen LogP contribution in [0.15, 0.2) is 36.4 Å². The second-order valence-corrected chi connectivity index (χ2v) is 4.55. The molecule has 19 heavy (non-hydrogen) atoms. The molecule has 1 aromatic carbocycles. The van der Waals surface area contributed by atoms with E-state index in [1.54, 1.807) is 0 Å². The van der Waals surface area contributed by atoms with E-state index in [-0.39, 0.29) is 5.97 Å². The van der Waals surface area contributed by atoms with E-state index in [9.17, 15) is 4.79 Å². The SMILES string of the molecule is CCOC(=O)Cc1cc(-c2ccccc2)n(C)c1C. The molecule has 0 spiro atoms. The number of carbonyl (C=O) groups excluding carboxylic acids is 1. The summed E-state index contributed by atoms with van der Waals surface area (Å²) in [5.74, 6) is -0.171. The Bertz CT molecular complexity index is 570. The van der Waals surface area contributed by atoms with Crippen LogP contribution in [0, 0.1) is 6.92 Å². The lowest BCUT2D eigenvalue weighted by atomic mass is 10.1. The Hall–Kier alpha value is -2.03. The largest absolute Gasteiger partial charge is 0.466 e. The van der Waals surface area contributed by atoms with E-state index in [2.05, 4.69) is 22.8 Å². The van der Waals surface area contributed by atoms with Gasteiger partial charge in [-0.3, -0.25) is 4.79 Å². The van der Waals surface area contributed by atoms with Gasteiger partial charge in [-0.1, -0.05) is 30.3 Å². The highest BCUT2D eigenvalue weighted by Gasteiger charge is 2.13. The van der Waals surface area contributed by atoms with E-state index in [1.165, 1.54) is 0 Å². The average Bonchev–Trinajstić information content (AvgIpc) is 2.68. The number of nitrogens with zero attached hydrogens (tertiary/aromatic N) is 1. The van der Waals surface area contributed by atoms with E-state index in [1.807, 2.05) is 39.1 Å². The van der Waals surface area contributed by atoms with Crippen molar-refractivity contribution in [3.05, 3.63) is 47.7 Å². The minimum atomic E-state index is -0.171. The quantitative estimate of drug-likeness (QED) is 0.788. The highest BCUT2D eigenvalue weighted by molar-refractivity contribution is 5.74. The zero-order valence-electron chi connectivity index (χ0n) is 11.6. The van der Waals surface area contributed by atoms with Gasteiger partial charge in [0.2, 0.25) is 0 Å². The average molecular weight is 257 g/mol. The lowest BCUT2D eigenvalue weighted by molar-refractivity contribution is -0.142. The number of aromatic nitrogens is 1. The first kappa shape index (κ1) is 13.4. The lowest BCUT2D eigenvalue weighted by Gasteiger charge is -2.05. The van der Waals surface area contributed by atoms with Crippen LogP contribution in [0.2, 0.25) is 0 Å². The summed E-state index contributed by atoms with van der Waals surface area (Å²) in [6, 6.07) is 12.2. The van der Waals surface area contributed by atoms with Crippen LogP contribution < -0.4 is 0 Å². The first-order chi connectivity index (χ1) is 9.13. The summed E-state index contributed by atoms with van der Waals surface area (Å²) in [5, 5.41) is 0. The zero-order valence-corrected chi connectivity index (χ0v) is 11.6. The molecule has 1 heterocycles. The molecule has 0 amide bonds. The summed E-state index contributed by atoms with van der Waals surface area (Å²) >= 11 is 0. The van der Waals surface area contributed by atoms with Crippen LogP contribution in [0.5, 0.6) is 0 Å². The van der Waals surface area contributed by atoms with Crippen molar-refractivity contribution in [2.75, 3.05) is 6.61 Å². The van der Waals surface area contributed by atoms with E-state index in [0.29, 0.717) is 13.0 Å². The number of hydrogen-bond acceptors (Lipinski definition) is 2. The van der Waals surface area contributed by atoms with E-state index in [0.717, 1.165) is 22.5 Å². The van der Waals surface area contributed by atoms with Gasteiger partial charge in [-0.25, -0.2) is 0 Å². The molecule has 0 unspecified atom stereocenters. The third kappa shape index (κ3) is 2.87. The van der Waals surface area contributed by atoms with Gasteiger partial charge in [-0.2, -0.15) is 0 Å². The predicted molar refractivity (Wildman–Crippen MR) is 75.9 cm³/mol. The first-order valence-corrected chi connectivity index (χ1v) is 6.49. The molecule has 0 radical (unpaired) electrons. The lowest BCUT2D eigenvalue weighted by Crippen LogP contribution is -2.08. The molecule has 3 nitrogen and oxygen atoms in total. The van der Waals surface area contributed by atoms with Crippen LogP contribution in [0.4, 0.5) is 0 Å². The number of ether oxygens (including phenoxy) is 1. The molecule has 100 valence electrons. The monoisotopic (exact) mass is 257 g/mol. The molecule has 0 fully saturated rings. The maximum Gasteiger partial charge on any atom is 0.310 e. The predicted octanol–water partition coefficient (Wildman–Crippen LogP) is 3.11. The molecule has 0 atom stereocenters. The molecule has 0 aliphatic rings. The van der Waals surface area contributed by atoms with Gasteiger partial charge in [0.1, 0.15) is 0 Å². The van der Waals surface area contributed by atoms with Gasteiger partial charge in [-0.05, 0) is 31.0 Å². The van der Waals surface area contributed by atoms with Crippen molar-refractivity contribution in [1.82, 2.24) is 4.57 Å². The third-order valence-electron chi connectivity index (χ3n) is 3.35. The molecule has 0 N–H and O–H groups in total. The van der Waals surface area contributed by atoms with E-state index < -0.39 is 0 Å². The molecule has 0 aliphatic carbocycles. The van der Waals surface area contributed by atoms with Gasteiger partial charge in [0, 0.05) is 18.4 Å². The number of rotatable bonds is 4. The van der Waals surface area contributed by atoms with Crippen molar-refractivity contribution < 1.29 is 9.53 Å². The first-order valence-electron chi connectivity index (χ1n) is 6.49. The molecule has 1 aromatic heterocycles. The molecule has 0 saturated heterocycles. The Morgan fingerprint density at radius 1 is 1.26 bits per heavy atom. The normalized spacial score (nSPS) is 10.5. The van der Waals surface area contributed by atoms with Crippen LogP contribution >= 0.6 is 0 Å². The molecule has 0 bridgehead atoms. The topological polar surface area (TPSA) is 31.2 Å². The Kier molecular flexibility index (Phi) is 4.05. The van der Waals surface area contributed by atoms with Gasteiger partial charge < -0.3 is 9.30 Å². The Morgan fingerprint density at radius 2 is 1.95 bits per heavy atom. The standard InChI is InChI=1S/C16H19NO2/c1-4-19-16(18)11-14-10-15(17(3)12(14)2)13-8-6-5-7-9-13/h5-10H,4,11H2,1-3H3. The van der Waals surface area contributed by atoms with E-state index >= 15 is 0 Å². The number of hydrogen-bond donors (Lipinski definition) is 0. The van der Waals surface area contributed by atoms with Crippen LogP contribution in [-0.2, 0) is 23.0 Å². The summed E-state index contributed by atoms with van der Waals surface area (Å²) in [6.07, 6.45) is 0.334. The van der Waals surface area contributed by atoms with Crippen molar-refractivity contribution >= 4 is 5.97 Å². The van der Waals surface area contributed by atoms with Gasteiger partial charge in [0.05, 0.1) is 13.0 Å². The number of esters is 1. The van der Waals surface area contributed by atoms with Crippen LogP contribution in [0.25, 0.3) is 11.3 Å². The smallest absolute Gasteiger partial charge is 0.310 e. The summed E-state index contributed by atoms with van der Waals surface area (Å²) in [5.41, 5.74) is 4.41. The Labute approximate surface area is 113 Å². The maximum atomic E-state index is 11.6. The molecule has 0 aliphatic heterocycles. The van der Waals surface area contributed by atoms with Crippen molar-refractivity contribution in [1.29, 1.82) is 0 Å². The van der Waals surface area contributed by atoms with Gasteiger partial charge in [0.25, 0.3) is 0 Å². The van der Waals surface area contributed by atoms with Crippen molar-refractivity contribution in [2.45, 2.75) is 20.3 Å². The van der Waals surface area contributed by atoms with Crippen molar-refractivity contribution in [2.24, 2.45) is 7.05 Å². The molecule has 2 aromatic rings. The van der Waals surface area contributed by atoms with Crippen molar-refractivity contribution in [3.63, 3.8) is 0 Å². The summed E-state index contributed by atoms with van der Waals surface area (Å²) in [4.78, 5) is 11.6. The number of carbonyl (C=O) groups is 1. The maximum absolute atomic E-state index is 11.6. The highest BCUT2D eigenvalue weighted by atomic mass is 16.5. The molecule has 0 saturated carbocycles. The van der Waals surface area contributed by atoms with Crippen molar-refractivity contribution in [3.8, 4) is 11.3 Å². The Balaban J connectivity index is 2.31. The van der Waals surface area contributed by atoms with Crippen LogP contribution in [0.3, 0.4) is 0 Å². The number of benzene rings is 1. The van der Waals surface area contributed by atoms with Crippen LogP contribution in [-0.4, -0.2) is 17.1 Å². The molecular weight excluding hydrogens is 238 g/mol. The summed E-state index contributed by atoms with van der Waals surface area (Å²) < 4.78 is 7.12. The highest BCUT2D eigenvalue weighted by Crippen LogP contribution is 2.25. The fourth-order valence-electron chi connectivity index (χ4n) is 2.19. The van der Waals surface area contributed by atoms with Gasteiger partial charge >= 0.3 is 5.97 Å².